The Morgan fingerprint density at radius 3 is 2.67 bits per heavy atom. The topological polar surface area (TPSA) is 74.7 Å². The van der Waals surface area contributed by atoms with Gasteiger partial charge in [-0.3, -0.25) is 14.5 Å². The molecule has 1 saturated heterocycles. The predicted molar refractivity (Wildman–Crippen MR) is 77.3 cm³/mol. The number of carboxylic acids is 1. The van der Waals surface area contributed by atoms with Crippen molar-refractivity contribution >= 4 is 29.5 Å². The largest absolute Gasteiger partial charge is 0.478 e. The van der Waals surface area contributed by atoms with Crippen LogP contribution in [-0.2, 0) is 9.59 Å². The normalized spacial score (nSPS) is 22.0. The van der Waals surface area contributed by atoms with E-state index in [0.717, 1.165) is 12.8 Å². The Morgan fingerprint density at radius 1 is 1.33 bits per heavy atom. The number of hydrogen-bond acceptors (Lipinski definition) is 4. The molecule has 2 aliphatic rings. The summed E-state index contributed by atoms with van der Waals surface area (Å²) in [5, 5.41) is 8.70. The van der Waals surface area contributed by atoms with E-state index in [4.69, 9.17) is 5.11 Å². The molecule has 0 radical (unpaired) electrons. The lowest BCUT2D eigenvalue weighted by Crippen LogP contribution is -2.33. The van der Waals surface area contributed by atoms with E-state index in [0.29, 0.717) is 10.5 Å². The molecule has 1 N–H and O–H groups in total. The van der Waals surface area contributed by atoms with Gasteiger partial charge in [0.15, 0.2) is 0 Å². The first-order valence-corrected chi connectivity index (χ1v) is 7.72. The van der Waals surface area contributed by atoms with E-state index in [1.807, 2.05) is 0 Å². The van der Waals surface area contributed by atoms with Gasteiger partial charge in [-0.25, -0.2) is 4.79 Å². The van der Waals surface area contributed by atoms with Crippen LogP contribution in [0.4, 0.5) is 0 Å². The first-order valence-electron chi connectivity index (χ1n) is 6.84. The number of hydrogen-bond donors (Lipinski definition) is 1. The van der Waals surface area contributed by atoms with Crippen LogP contribution in [0.2, 0.25) is 0 Å². The van der Waals surface area contributed by atoms with Crippen LogP contribution in [0, 0.1) is 6.92 Å². The predicted octanol–water partition coefficient (Wildman–Crippen LogP) is 2.08. The summed E-state index contributed by atoms with van der Waals surface area (Å²) in [6.07, 6.45) is 2.02. The van der Waals surface area contributed by atoms with Crippen molar-refractivity contribution < 1.29 is 19.5 Å². The van der Waals surface area contributed by atoms with Gasteiger partial charge in [-0.05, 0) is 37.5 Å². The molecule has 1 unspecified atom stereocenters. The quantitative estimate of drug-likeness (QED) is 0.862. The number of carboxylic acid groups (broad SMARTS) is 1. The number of nitrogens with zero attached hydrogens (tertiary/aromatic N) is 1. The number of amides is 2. The third-order valence-corrected chi connectivity index (χ3v) is 4.95. The van der Waals surface area contributed by atoms with Gasteiger partial charge in [0, 0.05) is 17.4 Å². The summed E-state index contributed by atoms with van der Waals surface area (Å²) in [5.74, 6) is -1.22. The number of benzene rings is 1. The minimum atomic E-state index is -0.983. The van der Waals surface area contributed by atoms with Crippen molar-refractivity contribution in [2.75, 3.05) is 0 Å². The molecule has 21 heavy (non-hydrogen) atoms. The van der Waals surface area contributed by atoms with Crippen molar-refractivity contribution in [1.29, 1.82) is 0 Å². The number of carbonyl (C=O) groups is 3. The van der Waals surface area contributed by atoms with E-state index < -0.39 is 11.2 Å². The fourth-order valence-corrected chi connectivity index (χ4v) is 3.60. The molecule has 1 aliphatic heterocycles. The van der Waals surface area contributed by atoms with Crippen LogP contribution in [0.1, 0.15) is 35.2 Å². The average Bonchev–Trinajstić information content (AvgIpc) is 3.20. The second-order valence-electron chi connectivity index (χ2n) is 5.43. The molecular weight excluding hydrogens is 290 g/mol. The van der Waals surface area contributed by atoms with E-state index in [9.17, 15) is 14.4 Å². The molecule has 1 saturated carbocycles. The highest BCUT2D eigenvalue weighted by Gasteiger charge is 2.46. The minimum Gasteiger partial charge on any atom is -0.478 e. The Balaban J connectivity index is 1.78. The highest BCUT2D eigenvalue weighted by Crippen LogP contribution is 2.37. The van der Waals surface area contributed by atoms with Crippen LogP contribution in [0.15, 0.2) is 23.1 Å². The molecule has 110 valence electrons. The zero-order chi connectivity index (χ0) is 15.1. The second-order valence-corrected chi connectivity index (χ2v) is 6.70. The van der Waals surface area contributed by atoms with Gasteiger partial charge < -0.3 is 5.11 Å². The van der Waals surface area contributed by atoms with E-state index >= 15 is 0 Å². The van der Waals surface area contributed by atoms with Crippen LogP contribution in [-0.4, -0.2) is 39.1 Å². The Kier molecular flexibility index (Phi) is 3.49. The van der Waals surface area contributed by atoms with Gasteiger partial charge in [0.25, 0.3) is 0 Å². The van der Waals surface area contributed by atoms with Gasteiger partial charge >= 0.3 is 5.97 Å². The van der Waals surface area contributed by atoms with Crippen LogP contribution in [0.5, 0.6) is 0 Å². The Labute approximate surface area is 126 Å². The van der Waals surface area contributed by atoms with Crippen molar-refractivity contribution in [2.24, 2.45) is 0 Å². The molecule has 1 aromatic carbocycles. The van der Waals surface area contributed by atoms with Crippen molar-refractivity contribution in [3.63, 3.8) is 0 Å². The highest BCUT2D eigenvalue weighted by atomic mass is 32.2. The van der Waals surface area contributed by atoms with Gasteiger partial charge in [0.05, 0.1) is 10.8 Å². The van der Waals surface area contributed by atoms with Crippen molar-refractivity contribution in [1.82, 2.24) is 4.90 Å². The van der Waals surface area contributed by atoms with E-state index in [-0.39, 0.29) is 29.8 Å². The third kappa shape index (κ3) is 2.68. The Bertz CT molecular complexity index is 639. The van der Waals surface area contributed by atoms with Crippen molar-refractivity contribution in [3.05, 3.63) is 29.3 Å². The highest BCUT2D eigenvalue weighted by molar-refractivity contribution is 8.00. The van der Waals surface area contributed by atoms with Crippen molar-refractivity contribution in [3.8, 4) is 0 Å². The maximum Gasteiger partial charge on any atom is 0.335 e. The fourth-order valence-electron chi connectivity index (χ4n) is 2.50. The van der Waals surface area contributed by atoms with Crippen LogP contribution in [0.3, 0.4) is 0 Å². The zero-order valence-corrected chi connectivity index (χ0v) is 12.4. The summed E-state index contributed by atoms with van der Waals surface area (Å²) >= 11 is 1.28. The molecular formula is C15H15NO4S. The molecule has 1 aliphatic carbocycles. The lowest BCUT2D eigenvalue weighted by Gasteiger charge is -2.13. The number of carbonyl (C=O) groups excluding carboxylic acids is 2. The number of thioether (sulfide) groups is 1. The summed E-state index contributed by atoms with van der Waals surface area (Å²) in [5.41, 5.74) is 0.913. The van der Waals surface area contributed by atoms with Gasteiger partial charge in [0.2, 0.25) is 11.8 Å². The van der Waals surface area contributed by atoms with Gasteiger partial charge in [-0.1, -0.05) is 6.07 Å². The average molecular weight is 305 g/mol. The Hall–Kier alpha value is -1.82. The number of aryl methyl sites for hydroxylation is 1. The summed E-state index contributed by atoms with van der Waals surface area (Å²) in [4.78, 5) is 37.4. The number of aromatic carboxylic acids is 1. The molecule has 0 aromatic heterocycles. The maximum atomic E-state index is 12.3. The standard InChI is InChI=1S/C15H15NO4S/c1-8-2-5-10(6-11(8)15(19)20)21-12-7-13(17)16(14(12)18)9-3-4-9/h2,5-6,9,12H,3-4,7H2,1H3,(H,19,20). The molecule has 0 bridgehead atoms. The summed E-state index contributed by atoms with van der Waals surface area (Å²) in [6, 6.07) is 5.19. The molecule has 2 fully saturated rings. The molecule has 1 atom stereocenters. The molecule has 3 rings (SSSR count). The Morgan fingerprint density at radius 2 is 2.05 bits per heavy atom. The lowest BCUT2D eigenvalue weighted by atomic mass is 10.1. The lowest BCUT2D eigenvalue weighted by molar-refractivity contribution is -0.138. The smallest absolute Gasteiger partial charge is 0.335 e. The van der Waals surface area contributed by atoms with Crippen LogP contribution in [0.25, 0.3) is 0 Å². The maximum absolute atomic E-state index is 12.3. The first kappa shape index (κ1) is 14.1. The van der Waals surface area contributed by atoms with E-state index in [2.05, 4.69) is 0 Å². The molecule has 6 heteroatoms. The number of rotatable bonds is 4. The van der Waals surface area contributed by atoms with Crippen LogP contribution >= 0.6 is 11.8 Å². The van der Waals surface area contributed by atoms with E-state index in [1.54, 1.807) is 25.1 Å². The van der Waals surface area contributed by atoms with Gasteiger partial charge in [-0.2, -0.15) is 0 Å². The molecule has 5 nitrogen and oxygen atoms in total. The summed E-state index contributed by atoms with van der Waals surface area (Å²) < 4.78 is 0. The number of likely N-dealkylation sites (tertiary alicyclic amines) is 1. The third-order valence-electron chi connectivity index (χ3n) is 3.77. The molecule has 1 aromatic rings. The molecule has 2 amide bonds. The summed E-state index contributed by atoms with van der Waals surface area (Å²) in [6.45, 7) is 1.73. The monoisotopic (exact) mass is 305 g/mol. The minimum absolute atomic E-state index is 0.100. The number of imide groups is 1. The second kappa shape index (κ2) is 5.18. The van der Waals surface area contributed by atoms with Gasteiger partial charge in [-0.15, -0.1) is 11.8 Å². The molecule has 1 heterocycles. The SMILES string of the molecule is Cc1ccc(SC2CC(=O)N(C3CC3)C2=O)cc1C(=O)O. The first-order chi connectivity index (χ1) is 9.97. The fraction of sp³-hybridized carbons (Fsp3) is 0.400. The van der Waals surface area contributed by atoms with Gasteiger partial charge in [0.1, 0.15) is 0 Å². The summed E-state index contributed by atoms with van der Waals surface area (Å²) in [7, 11) is 0. The van der Waals surface area contributed by atoms with E-state index in [1.165, 1.54) is 16.7 Å². The van der Waals surface area contributed by atoms with Crippen LogP contribution < -0.4 is 0 Å². The van der Waals surface area contributed by atoms with Crippen molar-refractivity contribution in [2.45, 2.75) is 42.4 Å². The zero-order valence-electron chi connectivity index (χ0n) is 11.5. The molecule has 0 spiro atoms.